The number of thiophene rings is 1. The molecular weight excluding hydrogens is 262 g/mol. The summed E-state index contributed by atoms with van der Waals surface area (Å²) < 4.78 is 0. The molecule has 2 rings (SSSR count). The SMILES string of the molecule is CC(=O)c1csc(C(=O)N2CCCC(C(C)O)C2)c1. The first kappa shape index (κ1) is 14.2. The Morgan fingerprint density at radius 2 is 2.26 bits per heavy atom. The second-order valence-electron chi connectivity index (χ2n) is 5.15. The van der Waals surface area contributed by atoms with Crippen molar-refractivity contribution in [2.45, 2.75) is 32.8 Å². The Balaban J connectivity index is 2.08. The van der Waals surface area contributed by atoms with Crippen LogP contribution in [-0.4, -0.2) is 40.9 Å². The fourth-order valence-electron chi connectivity index (χ4n) is 2.38. The predicted molar refractivity (Wildman–Crippen MR) is 74.6 cm³/mol. The molecule has 1 fully saturated rings. The second kappa shape index (κ2) is 5.84. The summed E-state index contributed by atoms with van der Waals surface area (Å²) in [5.41, 5.74) is 0.595. The van der Waals surface area contributed by atoms with Gasteiger partial charge in [-0.05, 0) is 32.8 Å². The summed E-state index contributed by atoms with van der Waals surface area (Å²) in [6.07, 6.45) is 1.50. The van der Waals surface area contributed by atoms with Gasteiger partial charge in [0.15, 0.2) is 5.78 Å². The molecule has 5 heteroatoms. The van der Waals surface area contributed by atoms with Crippen molar-refractivity contribution in [3.63, 3.8) is 0 Å². The van der Waals surface area contributed by atoms with Crippen LogP contribution in [-0.2, 0) is 0 Å². The highest BCUT2D eigenvalue weighted by Gasteiger charge is 2.27. The van der Waals surface area contributed by atoms with Crippen LogP contribution in [0, 0.1) is 5.92 Å². The summed E-state index contributed by atoms with van der Waals surface area (Å²) in [7, 11) is 0. The van der Waals surface area contributed by atoms with Gasteiger partial charge in [-0.3, -0.25) is 9.59 Å². The zero-order chi connectivity index (χ0) is 14.0. The molecule has 1 N–H and O–H groups in total. The molecule has 2 unspecified atom stereocenters. The maximum Gasteiger partial charge on any atom is 0.263 e. The lowest BCUT2D eigenvalue weighted by Crippen LogP contribution is -2.42. The number of hydrogen-bond acceptors (Lipinski definition) is 4. The van der Waals surface area contributed by atoms with E-state index in [1.807, 2.05) is 0 Å². The third-order valence-electron chi connectivity index (χ3n) is 3.64. The van der Waals surface area contributed by atoms with E-state index in [-0.39, 0.29) is 23.7 Å². The number of likely N-dealkylation sites (tertiary alicyclic amines) is 1. The quantitative estimate of drug-likeness (QED) is 0.864. The lowest BCUT2D eigenvalue weighted by atomic mass is 9.93. The van der Waals surface area contributed by atoms with Crippen LogP contribution in [0.25, 0.3) is 0 Å². The van der Waals surface area contributed by atoms with Crippen molar-refractivity contribution >= 4 is 23.0 Å². The molecule has 1 aromatic heterocycles. The van der Waals surface area contributed by atoms with E-state index in [0.717, 1.165) is 19.4 Å². The van der Waals surface area contributed by atoms with Gasteiger partial charge in [-0.2, -0.15) is 0 Å². The van der Waals surface area contributed by atoms with Crippen LogP contribution in [0.2, 0.25) is 0 Å². The summed E-state index contributed by atoms with van der Waals surface area (Å²) in [6, 6.07) is 1.67. The van der Waals surface area contributed by atoms with Crippen molar-refractivity contribution in [3.8, 4) is 0 Å². The molecule has 19 heavy (non-hydrogen) atoms. The fourth-order valence-corrected chi connectivity index (χ4v) is 3.29. The number of aliphatic hydroxyl groups excluding tert-OH is 1. The second-order valence-corrected chi connectivity index (χ2v) is 6.06. The van der Waals surface area contributed by atoms with Crippen LogP contribution in [0.4, 0.5) is 0 Å². The van der Waals surface area contributed by atoms with Gasteiger partial charge in [-0.15, -0.1) is 11.3 Å². The van der Waals surface area contributed by atoms with Gasteiger partial charge in [0.05, 0.1) is 11.0 Å². The Labute approximate surface area is 117 Å². The third kappa shape index (κ3) is 3.22. The molecule has 0 bridgehead atoms. The molecule has 4 nitrogen and oxygen atoms in total. The first-order chi connectivity index (χ1) is 8.99. The Morgan fingerprint density at radius 1 is 1.53 bits per heavy atom. The first-order valence-electron chi connectivity index (χ1n) is 6.56. The van der Waals surface area contributed by atoms with Crippen molar-refractivity contribution in [1.29, 1.82) is 0 Å². The molecule has 1 aromatic rings. The number of carbonyl (C=O) groups excluding carboxylic acids is 2. The Hall–Kier alpha value is -1.20. The number of amides is 1. The molecule has 0 aliphatic carbocycles. The summed E-state index contributed by atoms with van der Waals surface area (Å²) in [4.78, 5) is 26.0. The van der Waals surface area contributed by atoms with E-state index in [2.05, 4.69) is 0 Å². The molecule has 1 aliphatic heterocycles. The van der Waals surface area contributed by atoms with E-state index in [9.17, 15) is 14.7 Å². The van der Waals surface area contributed by atoms with Crippen LogP contribution in [0.5, 0.6) is 0 Å². The summed E-state index contributed by atoms with van der Waals surface area (Å²) in [5, 5.41) is 11.4. The van der Waals surface area contributed by atoms with Gasteiger partial charge < -0.3 is 10.0 Å². The molecule has 0 radical (unpaired) electrons. The minimum Gasteiger partial charge on any atom is -0.393 e. The highest BCUT2D eigenvalue weighted by atomic mass is 32.1. The molecule has 0 aromatic carbocycles. The average molecular weight is 281 g/mol. The lowest BCUT2D eigenvalue weighted by molar-refractivity contribution is 0.0469. The first-order valence-corrected chi connectivity index (χ1v) is 7.44. The van der Waals surface area contributed by atoms with Gasteiger partial charge in [0.25, 0.3) is 5.91 Å². The topological polar surface area (TPSA) is 57.6 Å². The van der Waals surface area contributed by atoms with Crippen molar-refractivity contribution in [2.75, 3.05) is 13.1 Å². The van der Waals surface area contributed by atoms with E-state index >= 15 is 0 Å². The number of carbonyl (C=O) groups is 2. The van der Waals surface area contributed by atoms with Gasteiger partial charge in [0.1, 0.15) is 0 Å². The number of piperidine rings is 1. The maximum atomic E-state index is 12.3. The average Bonchev–Trinajstić information content (AvgIpc) is 2.87. The predicted octanol–water partition coefficient (Wildman–Crippen LogP) is 2.18. The smallest absolute Gasteiger partial charge is 0.263 e. The highest BCUT2D eigenvalue weighted by molar-refractivity contribution is 7.12. The number of nitrogens with zero attached hydrogens (tertiary/aromatic N) is 1. The van der Waals surface area contributed by atoms with Crippen LogP contribution in [0.1, 0.15) is 46.7 Å². The van der Waals surface area contributed by atoms with Crippen LogP contribution >= 0.6 is 11.3 Å². The molecule has 104 valence electrons. The fraction of sp³-hybridized carbons (Fsp3) is 0.571. The van der Waals surface area contributed by atoms with E-state index in [1.54, 1.807) is 23.3 Å². The van der Waals surface area contributed by atoms with Crippen LogP contribution in [0.3, 0.4) is 0 Å². The van der Waals surface area contributed by atoms with Crippen molar-refractivity contribution in [2.24, 2.45) is 5.92 Å². The molecule has 0 saturated carbocycles. The van der Waals surface area contributed by atoms with E-state index in [4.69, 9.17) is 0 Å². The van der Waals surface area contributed by atoms with Crippen molar-refractivity contribution in [1.82, 2.24) is 4.90 Å². The molecule has 0 spiro atoms. The van der Waals surface area contributed by atoms with Gasteiger partial charge in [0, 0.05) is 30.0 Å². The van der Waals surface area contributed by atoms with E-state index in [1.165, 1.54) is 18.3 Å². The summed E-state index contributed by atoms with van der Waals surface area (Å²) in [6.45, 7) is 4.61. The van der Waals surface area contributed by atoms with Gasteiger partial charge in [0.2, 0.25) is 0 Å². The van der Waals surface area contributed by atoms with Crippen LogP contribution < -0.4 is 0 Å². The monoisotopic (exact) mass is 281 g/mol. The van der Waals surface area contributed by atoms with Gasteiger partial charge in [-0.25, -0.2) is 0 Å². The normalized spacial score (nSPS) is 21.2. The number of aliphatic hydroxyl groups is 1. The van der Waals surface area contributed by atoms with Gasteiger partial charge >= 0.3 is 0 Å². The lowest BCUT2D eigenvalue weighted by Gasteiger charge is -2.33. The largest absolute Gasteiger partial charge is 0.393 e. The Kier molecular flexibility index (Phi) is 4.37. The number of rotatable bonds is 3. The van der Waals surface area contributed by atoms with Crippen molar-refractivity contribution in [3.05, 3.63) is 21.9 Å². The zero-order valence-corrected chi connectivity index (χ0v) is 12.1. The number of ketones is 1. The summed E-state index contributed by atoms with van der Waals surface area (Å²) >= 11 is 1.31. The zero-order valence-electron chi connectivity index (χ0n) is 11.3. The minimum absolute atomic E-state index is 0.0178. The molecule has 1 amide bonds. The Morgan fingerprint density at radius 3 is 2.84 bits per heavy atom. The number of Topliss-reactive ketones (excluding diaryl/α,β-unsaturated/α-hetero) is 1. The molecular formula is C14H19NO3S. The van der Waals surface area contributed by atoms with E-state index in [0.29, 0.717) is 17.0 Å². The highest BCUT2D eigenvalue weighted by Crippen LogP contribution is 2.23. The van der Waals surface area contributed by atoms with E-state index < -0.39 is 0 Å². The molecule has 1 saturated heterocycles. The minimum atomic E-state index is -0.383. The van der Waals surface area contributed by atoms with Gasteiger partial charge in [-0.1, -0.05) is 0 Å². The standard InChI is InChI=1S/C14H19NO3S/c1-9(16)11-4-3-5-15(7-11)14(18)13-6-12(8-19-13)10(2)17/h6,8-9,11,16H,3-5,7H2,1-2H3. The summed E-state index contributed by atoms with van der Waals surface area (Å²) in [5.74, 6) is 0.114. The molecule has 1 aliphatic rings. The third-order valence-corrected chi connectivity index (χ3v) is 4.56. The molecule has 2 atom stereocenters. The van der Waals surface area contributed by atoms with Crippen molar-refractivity contribution < 1.29 is 14.7 Å². The molecule has 2 heterocycles. The maximum absolute atomic E-state index is 12.3. The number of hydrogen-bond donors (Lipinski definition) is 1. The Bertz CT molecular complexity index is 481. The van der Waals surface area contributed by atoms with Crippen LogP contribution in [0.15, 0.2) is 11.4 Å².